The molecule has 4 aliphatic heterocycles. The van der Waals surface area contributed by atoms with Gasteiger partial charge in [0.1, 0.15) is 39.4 Å². The van der Waals surface area contributed by atoms with Crippen LogP contribution in [0.5, 0.6) is 0 Å². The molecule has 16 rings (SSSR count). The maximum absolute atomic E-state index is 12.1. The molecule has 8 aromatic rings. The summed E-state index contributed by atoms with van der Waals surface area (Å²) in [4.78, 5) is 173. The van der Waals surface area contributed by atoms with E-state index in [0.29, 0.717) is 112 Å². The van der Waals surface area contributed by atoms with Crippen LogP contribution in [-0.4, -0.2) is 201 Å². The van der Waals surface area contributed by atoms with Crippen LogP contribution in [0.1, 0.15) is 180 Å². The van der Waals surface area contributed by atoms with Crippen molar-refractivity contribution < 1.29 is 43.5 Å². The van der Waals surface area contributed by atoms with Gasteiger partial charge in [0.25, 0.3) is 0 Å². The quantitative estimate of drug-likeness (QED) is 0.00633. The summed E-state index contributed by atoms with van der Waals surface area (Å²) in [6.45, 7) is 25.0. The van der Waals surface area contributed by atoms with E-state index in [1.54, 1.807) is 175 Å². The van der Waals surface area contributed by atoms with E-state index in [-0.39, 0.29) is 57.4 Å². The number of hydrogen-bond donors (Lipinski definition) is 4. The van der Waals surface area contributed by atoms with Gasteiger partial charge in [0.2, 0.25) is 23.6 Å². The summed E-state index contributed by atoms with van der Waals surface area (Å²) >= 11 is 3.49. The molecule has 8 aromatic heterocycles. The number of hydrogen-bond acceptors (Lipinski definition) is 29. The number of primary amides is 1. The molecule has 4 unspecified atom stereocenters. The summed E-state index contributed by atoms with van der Waals surface area (Å²) in [5, 5.41) is 14.2. The van der Waals surface area contributed by atoms with E-state index in [1.165, 1.54) is 61.4 Å². The Labute approximate surface area is 782 Å². The van der Waals surface area contributed by atoms with Crippen LogP contribution in [0.4, 0.5) is 39.7 Å². The Hall–Kier alpha value is -12.7. The minimum Gasteiger partial charge on any atom is -0.381 e. The van der Waals surface area contributed by atoms with Crippen molar-refractivity contribution in [2.45, 2.75) is 165 Å². The van der Waals surface area contributed by atoms with Crippen LogP contribution in [0.25, 0.3) is 34.7 Å². The summed E-state index contributed by atoms with van der Waals surface area (Å²) < 4.78 is 7.84. The van der Waals surface area contributed by atoms with Crippen molar-refractivity contribution in [1.29, 1.82) is 0 Å². The van der Waals surface area contributed by atoms with Crippen LogP contribution in [-0.2, 0) is 46.4 Å². The maximum atomic E-state index is 12.1. The number of aliphatic carboxylic acids is 1. The van der Waals surface area contributed by atoms with Gasteiger partial charge in [0, 0.05) is 183 Å². The number of allylic oxidation sites excluding steroid dienone is 2. The number of nitrogens with two attached hydrogens (primary N) is 3. The van der Waals surface area contributed by atoms with Crippen molar-refractivity contribution in [3.05, 3.63) is 232 Å². The van der Waals surface area contributed by atoms with E-state index < -0.39 is 36.4 Å². The molecule has 38 nitrogen and oxygen atoms in total. The molecule has 0 spiro atoms. The van der Waals surface area contributed by atoms with Crippen molar-refractivity contribution >= 4 is 163 Å². The molecule has 130 heavy (non-hydrogen) atoms. The number of nitrogen functional groups attached to an aromatic ring is 2. The first-order valence-corrected chi connectivity index (χ1v) is 51.7. The molecule has 12 heterocycles. The Morgan fingerprint density at radius 3 is 1.53 bits per heavy atom. The van der Waals surface area contributed by atoms with E-state index in [2.05, 4.69) is 197 Å². The molecule has 3 fully saturated rings. The minimum atomic E-state index is -1.85. The van der Waals surface area contributed by atoms with Crippen molar-refractivity contribution in [2.75, 3.05) is 66.3 Å². The molecule has 8 atom stereocenters. The summed E-state index contributed by atoms with van der Waals surface area (Å²) in [7, 11) is 8.09. The number of urea groups is 1. The molecular formula is C89H112BrIN28O10Sn. The van der Waals surface area contributed by atoms with E-state index >= 15 is 0 Å². The molecule has 686 valence electrons. The first-order chi connectivity index (χ1) is 62.5. The molecule has 8 aliphatic rings. The van der Waals surface area contributed by atoms with Crippen LogP contribution in [0, 0.1) is 22.7 Å². The van der Waals surface area contributed by atoms with Crippen LogP contribution < -0.4 is 36.8 Å². The number of fused-ring (bicyclic) bond motifs is 11. The van der Waals surface area contributed by atoms with Crippen molar-refractivity contribution in [3.63, 3.8) is 0 Å². The number of azide groups is 1. The monoisotopic (exact) mass is 2060 g/mol. The molecule has 4 aliphatic carbocycles. The Morgan fingerprint density at radius 2 is 1.04 bits per heavy atom. The summed E-state index contributed by atoms with van der Waals surface area (Å²) in [6.07, 6.45) is 53.3. The first-order valence-electron chi connectivity index (χ1n) is 41.9. The number of anilines is 6. The topological polar surface area (TPSA) is 535 Å². The fourth-order valence-corrected chi connectivity index (χ4v) is 28.0. The van der Waals surface area contributed by atoms with Crippen LogP contribution in [0.15, 0.2) is 175 Å². The predicted molar refractivity (Wildman–Crippen MR) is 515 cm³/mol. The van der Waals surface area contributed by atoms with Crippen molar-refractivity contribution in [3.8, 4) is 0 Å². The van der Waals surface area contributed by atoms with Gasteiger partial charge in [-0.15, -0.1) is 18.1 Å². The van der Waals surface area contributed by atoms with Gasteiger partial charge in [-0.05, 0) is 82.8 Å². The minimum absolute atomic E-state index is 0.0375. The Kier molecular flexibility index (Phi) is 45.1. The number of nitroso groups, excluding NO2 is 1. The number of likely N-dealkylation sites (N-methyl/N-ethyl adjacent to an activating group) is 1. The second-order valence-electron chi connectivity index (χ2n) is 30.2. The molecule has 0 radical (unpaired) electrons. The number of nitrogens with zero attached hydrogens (tertiary/aromatic N) is 25. The zero-order valence-electron chi connectivity index (χ0n) is 74.3. The number of ketones is 2. The van der Waals surface area contributed by atoms with Gasteiger partial charge in [-0.1, -0.05) is 65.2 Å². The SMILES string of the molecule is C=CCC(=O)Cc1nccnc1C=C.C=CCC(=O)O.C=Cc1nccnc1N.C=[CH][Sn]([CH2]CCC)([CH2]CCC)[CH2]CCC.CN(N=O)C(N)=O.CN1C(=O)CC2CC2c2nccnc21.CN1C(=O)CC=Cc2nccnc21.CN1C(=O)[C@@H](N=[N+]=[N-])C2C[C@H]2c2nccnc21.CN1C(=O)[C@H](I)C2C[C@H]2c2nccnc21.Nc1nccnc1Br.O=C1CC=Cc2nccnc2C1. The van der Waals surface area contributed by atoms with Crippen LogP contribution in [0.3, 0.4) is 0 Å². The van der Waals surface area contributed by atoms with Gasteiger partial charge in [0.05, 0.1) is 68.3 Å². The third kappa shape index (κ3) is 32.8. The van der Waals surface area contributed by atoms with Crippen LogP contribution >= 0.6 is 38.5 Å². The van der Waals surface area contributed by atoms with Crippen molar-refractivity contribution in [2.24, 2.45) is 33.9 Å². The molecule has 0 aromatic carbocycles. The molecule has 0 bridgehead atoms. The second kappa shape index (κ2) is 55.2. The number of amides is 6. The zero-order valence-corrected chi connectivity index (χ0v) is 80.9. The van der Waals surface area contributed by atoms with Gasteiger partial charge >= 0.3 is 114 Å². The predicted octanol–water partition coefficient (Wildman–Crippen LogP) is 14.6. The Morgan fingerprint density at radius 1 is 0.577 bits per heavy atom. The van der Waals surface area contributed by atoms with Crippen LogP contribution in [0.2, 0.25) is 13.3 Å². The van der Waals surface area contributed by atoms with E-state index in [0.717, 1.165) is 65.1 Å². The molecule has 6 amide bonds. The van der Waals surface area contributed by atoms with Gasteiger partial charge in [-0.3, -0.25) is 98.0 Å². The molecule has 7 N–H and O–H groups in total. The largest absolute Gasteiger partial charge is 0.381 e. The number of carbonyl (C=O) groups excluding carboxylic acids is 7. The number of Topliss-reactive ketones (excluding diaryl/α,β-unsaturated/α-hetero) is 2. The number of carboxylic acids is 1. The average Bonchev–Trinajstić information content (AvgIpc) is 1.26. The van der Waals surface area contributed by atoms with Crippen molar-refractivity contribution in [1.82, 2.24) is 84.8 Å². The van der Waals surface area contributed by atoms with E-state index in [9.17, 15) is 43.3 Å². The normalized spacial score (nSPS) is 18.1. The fourth-order valence-electron chi connectivity index (χ4n) is 13.6. The summed E-state index contributed by atoms with van der Waals surface area (Å²) in [6, 6.07) is -1.47. The average molecular weight is 2060 g/mol. The van der Waals surface area contributed by atoms with E-state index in [1.807, 2.05) is 18.2 Å². The number of aromatic nitrogens is 16. The maximum Gasteiger partial charge on any atom is 0.337 e. The number of unbranched alkanes of at least 4 members (excludes halogenated alkanes) is 3. The number of carboxylic acid groups (broad SMARTS) is 1. The number of halogens is 2. The van der Waals surface area contributed by atoms with Gasteiger partial charge < -0.3 is 22.3 Å². The van der Waals surface area contributed by atoms with Gasteiger partial charge in [-0.2, -0.15) is 5.01 Å². The third-order valence-electron chi connectivity index (χ3n) is 21.0. The smallest absolute Gasteiger partial charge is 0.337 e. The number of carbonyl (C=O) groups is 8. The third-order valence-corrected chi connectivity index (χ3v) is 37.1. The Balaban J connectivity index is 0.000000223. The van der Waals surface area contributed by atoms with Gasteiger partial charge in [-0.25, -0.2) is 39.7 Å². The van der Waals surface area contributed by atoms with Gasteiger partial charge in [0.15, 0.2) is 29.1 Å². The fraction of sp³-hybridized carbons (Fsp3) is 0.393. The molecular weight excluding hydrogens is 1950 g/mol. The summed E-state index contributed by atoms with van der Waals surface area (Å²) in [5.41, 5.74) is 30.9. The molecule has 41 heteroatoms. The molecule has 0 saturated heterocycles. The standard InChI is InChI=1S/C11H12N2O.C10H10IN3O.C10H10N6O.C10H11N3O.C9H9N3O.C9H8N2O.C6H7N3.C4H4BrN3.C4H6O2.3C4H9.C2H5N3O2.C2H3.Sn/c1-3-5-9(14)8-11-10(4-2)12-6-7-13-11;1-14-9-8(12-2-3-13-9)6-4-5(6)7(11)10(14)15;1-16-9-7(12-2-3-13-9)5-4-6(5)8(10(16)17)14-15-11;1-13-8(14)5-6-4-7(6)9-10(13)12-3-2-11-9;1-12-8(13)4-2-3-7-9(12)11-6-5-10-7;12-7-2-1-3-8-9(6-7)11-5-4-10-8;1-2-5-6(7)9-4-3-8-5;5-3-4(6)8-2-1-7-3;1-2-3-4(5)6;3*1-3-4-2;1-5(4-7)2(3)6;1-2;/h3-4,6-7H,1-2,5,8H2;2-3,5-7H,4H2,1H3;2-3,5-6,8H,4H2,1H3;2-3,6-7H,4-5H2,1H3;2-3,5-6H,4H2,1H3;1,3-5H,2,6H2;2-4H,1H2,(H2,7,9);1-2H,(H2,6,8);2H,1,3H2,(H,5,6);3*1,3-4H2,2H3;1H3,(H2,3,6);1H,2H2;/t;5?,6-,7-;5-,6?,8+;;;;;;;;;;;;/m.11............/s1. The van der Waals surface area contributed by atoms with E-state index in [4.69, 9.17) is 22.1 Å². The number of alkyl halides is 1. The number of rotatable bonds is 20. The summed E-state index contributed by atoms with van der Waals surface area (Å²) in [5.74, 6) is 5.36. The second-order valence-corrected chi connectivity index (χ2v) is 45.5. The first kappa shape index (κ1) is 106. The molecule has 3 saturated carbocycles. The Bertz CT molecular complexity index is 5300. The zero-order chi connectivity index (χ0) is 95.4.